The SMILES string of the molecule is Cl.NCc1cc(C(=O)N(C2CC2)C2CCc3ccccc32)co1. The summed E-state index contributed by atoms with van der Waals surface area (Å²) in [6.45, 7) is 0.322. The van der Waals surface area contributed by atoms with Crippen molar-refractivity contribution < 1.29 is 9.21 Å². The fourth-order valence-corrected chi connectivity index (χ4v) is 3.49. The maximum absolute atomic E-state index is 13.0. The molecular weight excluding hydrogens is 312 g/mol. The average Bonchev–Trinajstić information content (AvgIpc) is 3.11. The lowest BCUT2D eigenvalue weighted by Gasteiger charge is -2.29. The van der Waals surface area contributed by atoms with Gasteiger partial charge in [0, 0.05) is 6.04 Å². The topological polar surface area (TPSA) is 59.5 Å². The molecule has 1 aromatic heterocycles. The molecule has 0 bridgehead atoms. The molecule has 2 aromatic rings. The smallest absolute Gasteiger partial charge is 0.257 e. The van der Waals surface area contributed by atoms with E-state index >= 15 is 0 Å². The molecule has 2 aliphatic rings. The van der Waals surface area contributed by atoms with E-state index in [1.54, 1.807) is 12.3 Å². The number of nitrogens with two attached hydrogens (primary N) is 1. The van der Waals surface area contributed by atoms with Crippen LogP contribution in [0.4, 0.5) is 0 Å². The third kappa shape index (κ3) is 2.89. The number of nitrogens with zero attached hydrogens (tertiary/aromatic N) is 1. The Kier molecular flexibility index (Phi) is 4.46. The van der Waals surface area contributed by atoms with Gasteiger partial charge in [-0.05, 0) is 42.9 Å². The van der Waals surface area contributed by atoms with E-state index in [0.717, 1.165) is 25.7 Å². The molecule has 4 nitrogen and oxygen atoms in total. The number of furan rings is 1. The molecule has 4 rings (SSSR count). The van der Waals surface area contributed by atoms with Gasteiger partial charge in [-0.2, -0.15) is 0 Å². The quantitative estimate of drug-likeness (QED) is 0.932. The zero-order valence-corrected chi connectivity index (χ0v) is 13.7. The second kappa shape index (κ2) is 6.38. The van der Waals surface area contributed by atoms with Gasteiger partial charge in [-0.25, -0.2) is 0 Å². The van der Waals surface area contributed by atoms with Crippen molar-refractivity contribution in [3.8, 4) is 0 Å². The van der Waals surface area contributed by atoms with E-state index in [1.165, 1.54) is 11.1 Å². The van der Waals surface area contributed by atoms with Crippen molar-refractivity contribution in [1.29, 1.82) is 0 Å². The van der Waals surface area contributed by atoms with E-state index in [4.69, 9.17) is 10.2 Å². The van der Waals surface area contributed by atoms with Crippen molar-refractivity contribution in [1.82, 2.24) is 4.90 Å². The van der Waals surface area contributed by atoms with Crippen LogP contribution >= 0.6 is 12.4 Å². The predicted molar refractivity (Wildman–Crippen MR) is 90.5 cm³/mol. The van der Waals surface area contributed by atoms with Crippen LogP contribution in [0.3, 0.4) is 0 Å². The van der Waals surface area contributed by atoms with Gasteiger partial charge in [-0.15, -0.1) is 12.4 Å². The van der Waals surface area contributed by atoms with Crippen LogP contribution in [0, 0.1) is 0 Å². The van der Waals surface area contributed by atoms with Crippen molar-refractivity contribution in [3.05, 3.63) is 59.0 Å². The van der Waals surface area contributed by atoms with Crippen LogP contribution in [0.25, 0.3) is 0 Å². The largest absolute Gasteiger partial charge is 0.467 e. The molecule has 122 valence electrons. The van der Waals surface area contributed by atoms with Gasteiger partial charge in [0.2, 0.25) is 0 Å². The molecule has 1 saturated carbocycles. The highest BCUT2D eigenvalue weighted by molar-refractivity contribution is 5.94. The Morgan fingerprint density at radius 2 is 2.04 bits per heavy atom. The Hall–Kier alpha value is -1.78. The Bertz CT molecular complexity index is 709. The first kappa shape index (κ1) is 16.1. The van der Waals surface area contributed by atoms with Gasteiger partial charge in [0.15, 0.2) is 0 Å². The Morgan fingerprint density at radius 1 is 1.26 bits per heavy atom. The van der Waals surface area contributed by atoms with Crippen LogP contribution < -0.4 is 5.73 Å². The van der Waals surface area contributed by atoms with Gasteiger partial charge < -0.3 is 15.1 Å². The molecule has 0 spiro atoms. The maximum Gasteiger partial charge on any atom is 0.257 e. The number of hydrogen-bond donors (Lipinski definition) is 1. The molecule has 0 saturated heterocycles. The number of carbonyl (C=O) groups is 1. The molecule has 23 heavy (non-hydrogen) atoms. The molecule has 0 aliphatic heterocycles. The molecule has 1 heterocycles. The molecule has 2 aliphatic carbocycles. The van der Waals surface area contributed by atoms with Gasteiger partial charge in [0.05, 0.1) is 18.2 Å². The minimum atomic E-state index is 0. The number of fused-ring (bicyclic) bond motifs is 1. The number of aryl methyl sites for hydroxylation is 1. The van der Waals surface area contributed by atoms with Crippen LogP contribution in [0.5, 0.6) is 0 Å². The molecule has 1 fully saturated rings. The highest BCUT2D eigenvalue weighted by Gasteiger charge is 2.40. The third-order valence-electron chi connectivity index (χ3n) is 4.71. The van der Waals surface area contributed by atoms with Crippen molar-refractivity contribution in [3.63, 3.8) is 0 Å². The van der Waals surface area contributed by atoms with Gasteiger partial charge in [0.25, 0.3) is 5.91 Å². The molecule has 1 atom stereocenters. The van der Waals surface area contributed by atoms with E-state index < -0.39 is 0 Å². The van der Waals surface area contributed by atoms with Crippen LogP contribution in [0.1, 0.15) is 52.5 Å². The van der Waals surface area contributed by atoms with Gasteiger partial charge in [0.1, 0.15) is 12.0 Å². The van der Waals surface area contributed by atoms with E-state index in [2.05, 4.69) is 29.2 Å². The second-order valence-electron chi connectivity index (χ2n) is 6.20. The summed E-state index contributed by atoms with van der Waals surface area (Å²) in [6.07, 6.45) is 5.82. The number of benzene rings is 1. The summed E-state index contributed by atoms with van der Waals surface area (Å²) < 4.78 is 5.34. The lowest BCUT2D eigenvalue weighted by atomic mass is 10.1. The number of amides is 1. The molecule has 1 unspecified atom stereocenters. The lowest BCUT2D eigenvalue weighted by Crippen LogP contribution is -2.35. The number of halogens is 1. The zero-order chi connectivity index (χ0) is 15.1. The summed E-state index contributed by atoms with van der Waals surface area (Å²) in [5.74, 6) is 0.735. The monoisotopic (exact) mass is 332 g/mol. The minimum Gasteiger partial charge on any atom is -0.467 e. The van der Waals surface area contributed by atoms with Crippen molar-refractivity contribution >= 4 is 18.3 Å². The van der Waals surface area contributed by atoms with E-state index in [1.807, 2.05) is 0 Å². The maximum atomic E-state index is 13.0. The molecular formula is C18H21ClN2O2. The Labute approximate surface area is 142 Å². The Balaban J connectivity index is 0.00000156. The standard InChI is InChI=1S/C18H20N2O2.ClH/c19-10-15-9-13(11-22-15)18(21)20(14-6-7-14)17-8-5-12-3-1-2-4-16(12)17;/h1-4,9,11,14,17H,5-8,10,19H2;1H. The summed E-state index contributed by atoms with van der Waals surface area (Å²) in [5.41, 5.74) is 8.89. The molecule has 2 N–H and O–H groups in total. The summed E-state index contributed by atoms with van der Waals surface area (Å²) in [7, 11) is 0. The third-order valence-corrected chi connectivity index (χ3v) is 4.71. The zero-order valence-electron chi connectivity index (χ0n) is 12.9. The number of carbonyl (C=O) groups excluding carboxylic acids is 1. The molecule has 1 aromatic carbocycles. The summed E-state index contributed by atoms with van der Waals surface area (Å²) in [5, 5.41) is 0. The van der Waals surface area contributed by atoms with Gasteiger partial charge in [-0.3, -0.25) is 4.79 Å². The predicted octanol–water partition coefficient (Wildman–Crippen LogP) is 3.45. The summed E-state index contributed by atoms with van der Waals surface area (Å²) in [6, 6.07) is 10.8. The van der Waals surface area contributed by atoms with Crippen LogP contribution in [-0.2, 0) is 13.0 Å². The normalized spacial score (nSPS) is 19.1. The van der Waals surface area contributed by atoms with Crippen LogP contribution in [0.15, 0.2) is 41.0 Å². The number of hydrogen-bond acceptors (Lipinski definition) is 3. The first-order valence-corrected chi connectivity index (χ1v) is 7.96. The summed E-state index contributed by atoms with van der Waals surface area (Å²) >= 11 is 0. The fraction of sp³-hybridized carbons (Fsp3) is 0.389. The Morgan fingerprint density at radius 3 is 2.74 bits per heavy atom. The molecule has 1 amide bonds. The molecule has 0 radical (unpaired) electrons. The highest BCUT2D eigenvalue weighted by Crippen LogP contribution is 2.42. The summed E-state index contributed by atoms with van der Waals surface area (Å²) in [4.78, 5) is 15.1. The van der Waals surface area contributed by atoms with Gasteiger partial charge >= 0.3 is 0 Å². The van der Waals surface area contributed by atoms with Gasteiger partial charge in [-0.1, -0.05) is 24.3 Å². The van der Waals surface area contributed by atoms with E-state index in [-0.39, 0.29) is 24.4 Å². The highest BCUT2D eigenvalue weighted by atomic mass is 35.5. The first-order chi connectivity index (χ1) is 10.8. The van der Waals surface area contributed by atoms with Crippen molar-refractivity contribution in [2.45, 2.75) is 44.3 Å². The average molecular weight is 333 g/mol. The number of rotatable bonds is 4. The molecule has 5 heteroatoms. The van der Waals surface area contributed by atoms with E-state index in [9.17, 15) is 4.79 Å². The fourth-order valence-electron chi connectivity index (χ4n) is 3.49. The second-order valence-corrected chi connectivity index (χ2v) is 6.20. The lowest BCUT2D eigenvalue weighted by molar-refractivity contribution is 0.0657. The van der Waals surface area contributed by atoms with Crippen LogP contribution in [0.2, 0.25) is 0 Å². The minimum absolute atomic E-state index is 0. The van der Waals surface area contributed by atoms with E-state index in [0.29, 0.717) is 23.9 Å². The van der Waals surface area contributed by atoms with Crippen molar-refractivity contribution in [2.75, 3.05) is 0 Å². The first-order valence-electron chi connectivity index (χ1n) is 7.96. The van der Waals surface area contributed by atoms with Crippen molar-refractivity contribution in [2.24, 2.45) is 5.73 Å². The van der Waals surface area contributed by atoms with Crippen LogP contribution in [-0.4, -0.2) is 16.8 Å².